The number of quaternary nitrogens is 1. The number of hydrogen-bond acceptors (Lipinski definition) is 2. The molecule has 6 heteroatoms. The fourth-order valence-corrected chi connectivity index (χ4v) is 2.70. The van der Waals surface area contributed by atoms with Crippen LogP contribution < -0.4 is 10.2 Å². The molecule has 1 aromatic rings. The van der Waals surface area contributed by atoms with E-state index in [9.17, 15) is 14.0 Å². The van der Waals surface area contributed by atoms with Crippen molar-refractivity contribution in [3.63, 3.8) is 0 Å². The summed E-state index contributed by atoms with van der Waals surface area (Å²) in [5.41, 5.74) is 0.556. The van der Waals surface area contributed by atoms with Gasteiger partial charge in [-0.25, -0.2) is 4.39 Å². The highest BCUT2D eigenvalue weighted by molar-refractivity contribution is 5.91. The van der Waals surface area contributed by atoms with Gasteiger partial charge in [-0.3, -0.25) is 9.59 Å². The Morgan fingerprint density at radius 2 is 1.83 bits per heavy atom. The van der Waals surface area contributed by atoms with E-state index in [1.807, 2.05) is 11.9 Å². The Morgan fingerprint density at radius 3 is 2.43 bits per heavy atom. The van der Waals surface area contributed by atoms with E-state index in [2.05, 4.69) is 12.2 Å². The first-order valence-electron chi connectivity index (χ1n) is 8.08. The number of nitrogens with zero attached hydrogens (tertiary/aromatic N) is 1. The summed E-state index contributed by atoms with van der Waals surface area (Å²) in [6.07, 6.45) is 2.10. The van der Waals surface area contributed by atoms with Gasteiger partial charge in [-0.2, -0.15) is 0 Å². The first kappa shape index (κ1) is 17.4. The molecule has 1 unspecified atom stereocenters. The van der Waals surface area contributed by atoms with Crippen LogP contribution in [0.15, 0.2) is 24.3 Å². The molecular weight excluding hydrogens is 297 g/mol. The smallest absolute Gasteiger partial charge is 0.279 e. The Morgan fingerprint density at radius 1 is 1.22 bits per heavy atom. The van der Waals surface area contributed by atoms with Gasteiger partial charge in [0.2, 0.25) is 0 Å². The minimum Gasteiger partial charge on any atom is -0.338 e. The van der Waals surface area contributed by atoms with Crippen molar-refractivity contribution in [1.29, 1.82) is 0 Å². The monoisotopic (exact) mass is 322 g/mol. The van der Waals surface area contributed by atoms with Gasteiger partial charge in [0.1, 0.15) is 5.82 Å². The molecule has 0 radical (unpaired) electrons. The standard InChI is InChI=1S/C17H24FN3O2/c1-13-7-9-21(10-8-13)17(23)12-20(2)11-16(22)19-15-5-3-14(18)4-6-15/h3-6,13H,7-12H2,1-2H3,(H,19,22)/p+1. The third kappa shape index (κ3) is 5.63. The molecular formula is C17H25FN3O2+. The fraction of sp³-hybridized carbons (Fsp3) is 0.529. The quantitative estimate of drug-likeness (QED) is 0.831. The zero-order valence-corrected chi connectivity index (χ0v) is 13.8. The van der Waals surface area contributed by atoms with Crippen LogP contribution in [-0.2, 0) is 9.59 Å². The third-order valence-electron chi connectivity index (χ3n) is 4.18. The molecule has 0 bridgehead atoms. The van der Waals surface area contributed by atoms with Gasteiger partial charge < -0.3 is 15.1 Å². The number of amides is 2. The van der Waals surface area contributed by atoms with E-state index in [-0.39, 0.29) is 24.2 Å². The molecule has 1 aromatic carbocycles. The van der Waals surface area contributed by atoms with Gasteiger partial charge in [-0.1, -0.05) is 6.92 Å². The predicted molar refractivity (Wildman–Crippen MR) is 86.6 cm³/mol. The zero-order chi connectivity index (χ0) is 16.8. The fourth-order valence-electron chi connectivity index (χ4n) is 2.70. The Bertz CT molecular complexity index is 539. The van der Waals surface area contributed by atoms with Gasteiger partial charge in [-0.15, -0.1) is 0 Å². The van der Waals surface area contributed by atoms with Crippen molar-refractivity contribution in [2.75, 3.05) is 38.5 Å². The van der Waals surface area contributed by atoms with E-state index >= 15 is 0 Å². The zero-order valence-electron chi connectivity index (χ0n) is 13.8. The number of halogens is 1. The first-order chi connectivity index (χ1) is 10.9. The van der Waals surface area contributed by atoms with Crippen molar-refractivity contribution in [1.82, 2.24) is 4.90 Å². The molecule has 0 saturated carbocycles. The summed E-state index contributed by atoms with van der Waals surface area (Å²) < 4.78 is 12.8. The van der Waals surface area contributed by atoms with Crippen molar-refractivity contribution in [2.45, 2.75) is 19.8 Å². The molecule has 1 saturated heterocycles. The molecule has 1 aliphatic rings. The molecule has 126 valence electrons. The Hall–Kier alpha value is -1.95. The lowest BCUT2D eigenvalue weighted by atomic mass is 9.99. The normalized spacial score (nSPS) is 16.9. The molecule has 0 spiro atoms. The number of carbonyl (C=O) groups is 2. The lowest BCUT2D eigenvalue weighted by molar-refractivity contribution is -0.862. The summed E-state index contributed by atoms with van der Waals surface area (Å²) in [6, 6.07) is 5.63. The molecule has 1 atom stereocenters. The average molecular weight is 322 g/mol. The second kappa shape index (κ2) is 8.06. The summed E-state index contributed by atoms with van der Waals surface area (Å²) in [6.45, 7) is 4.35. The molecule has 1 aliphatic heterocycles. The van der Waals surface area contributed by atoms with Gasteiger partial charge in [0.15, 0.2) is 13.1 Å². The predicted octanol–water partition coefficient (Wildman–Crippen LogP) is 0.537. The molecule has 1 heterocycles. The highest BCUT2D eigenvalue weighted by atomic mass is 19.1. The average Bonchev–Trinajstić information content (AvgIpc) is 2.50. The molecule has 2 N–H and O–H groups in total. The number of rotatable bonds is 5. The summed E-state index contributed by atoms with van der Waals surface area (Å²) >= 11 is 0. The maximum atomic E-state index is 12.8. The van der Waals surface area contributed by atoms with Crippen LogP contribution in [0.4, 0.5) is 10.1 Å². The van der Waals surface area contributed by atoms with Crippen LogP contribution in [0.5, 0.6) is 0 Å². The summed E-state index contributed by atoms with van der Waals surface area (Å²) in [5.74, 6) is 0.260. The second-order valence-corrected chi connectivity index (χ2v) is 6.43. The maximum absolute atomic E-state index is 12.8. The Kier molecular flexibility index (Phi) is 6.10. The van der Waals surface area contributed by atoms with Crippen molar-refractivity contribution in [3.8, 4) is 0 Å². The minimum atomic E-state index is -0.341. The largest absolute Gasteiger partial charge is 0.338 e. The number of nitrogens with one attached hydrogen (secondary N) is 2. The van der Waals surface area contributed by atoms with Crippen LogP contribution in [0.1, 0.15) is 19.8 Å². The lowest BCUT2D eigenvalue weighted by Gasteiger charge is -2.30. The van der Waals surface area contributed by atoms with E-state index in [0.717, 1.165) is 30.8 Å². The highest BCUT2D eigenvalue weighted by Gasteiger charge is 2.23. The number of anilines is 1. The minimum absolute atomic E-state index is 0.101. The summed E-state index contributed by atoms with van der Waals surface area (Å²) in [5, 5.41) is 2.71. The molecule has 0 aromatic heterocycles. The summed E-state index contributed by atoms with van der Waals surface area (Å²) in [7, 11) is 1.83. The van der Waals surface area contributed by atoms with Gasteiger partial charge in [0.05, 0.1) is 7.05 Å². The van der Waals surface area contributed by atoms with Crippen molar-refractivity contribution in [3.05, 3.63) is 30.1 Å². The molecule has 0 aliphatic carbocycles. The lowest BCUT2D eigenvalue weighted by Crippen LogP contribution is -3.11. The van der Waals surface area contributed by atoms with Crippen molar-refractivity contribution < 1.29 is 18.9 Å². The molecule has 2 amide bonds. The Balaban J connectivity index is 1.75. The van der Waals surface area contributed by atoms with Crippen LogP contribution in [0.2, 0.25) is 0 Å². The topological polar surface area (TPSA) is 53.9 Å². The highest BCUT2D eigenvalue weighted by Crippen LogP contribution is 2.15. The van der Waals surface area contributed by atoms with Gasteiger partial charge >= 0.3 is 0 Å². The van der Waals surface area contributed by atoms with Gasteiger partial charge in [-0.05, 0) is 43.0 Å². The van der Waals surface area contributed by atoms with E-state index < -0.39 is 0 Å². The van der Waals surface area contributed by atoms with Crippen LogP contribution in [-0.4, -0.2) is 49.9 Å². The third-order valence-corrected chi connectivity index (χ3v) is 4.18. The molecule has 1 fully saturated rings. The van der Waals surface area contributed by atoms with E-state index in [1.165, 1.54) is 24.3 Å². The SMILES string of the molecule is CC1CCN(C(=O)C[NH+](C)CC(=O)Nc2ccc(F)cc2)CC1. The van der Waals surface area contributed by atoms with Crippen LogP contribution >= 0.6 is 0 Å². The molecule has 2 rings (SSSR count). The number of carbonyl (C=O) groups excluding carboxylic acids is 2. The van der Waals surface area contributed by atoms with E-state index in [0.29, 0.717) is 18.2 Å². The number of hydrogen-bond donors (Lipinski definition) is 2. The summed E-state index contributed by atoms with van der Waals surface area (Å²) in [4.78, 5) is 26.9. The van der Waals surface area contributed by atoms with Gasteiger partial charge in [0.25, 0.3) is 11.8 Å². The number of benzene rings is 1. The maximum Gasteiger partial charge on any atom is 0.279 e. The van der Waals surface area contributed by atoms with Crippen molar-refractivity contribution >= 4 is 17.5 Å². The second-order valence-electron chi connectivity index (χ2n) is 6.43. The first-order valence-corrected chi connectivity index (χ1v) is 8.08. The Labute approximate surface area is 136 Å². The number of piperidine rings is 1. The van der Waals surface area contributed by atoms with Crippen LogP contribution in [0.3, 0.4) is 0 Å². The number of likely N-dealkylation sites (tertiary alicyclic amines) is 1. The van der Waals surface area contributed by atoms with E-state index in [1.54, 1.807) is 0 Å². The number of likely N-dealkylation sites (N-methyl/N-ethyl adjacent to an activating group) is 1. The van der Waals surface area contributed by atoms with Crippen LogP contribution in [0, 0.1) is 11.7 Å². The molecule has 23 heavy (non-hydrogen) atoms. The van der Waals surface area contributed by atoms with Gasteiger partial charge in [0, 0.05) is 18.8 Å². The van der Waals surface area contributed by atoms with E-state index in [4.69, 9.17) is 0 Å². The van der Waals surface area contributed by atoms with Crippen molar-refractivity contribution in [2.24, 2.45) is 5.92 Å². The molecule has 5 nitrogen and oxygen atoms in total. The van der Waals surface area contributed by atoms with Crippen LogP contribution in [0.25, 0.3) is 0 Å².